The van der Waals surface area contributed by atoms with Crippen molar-refractivity contribution in [1.29, 1.82) is 0 Å². The molecule has 9 heteroatoms. The smallest absolute Gasteiger partial charge is 0.228 e. The molecule has 5 aromatic rings. The molecule has 0 spiro atoms. The van der Waals surface area contributed by atoms with E-state index in [2.05, 4.69) is 28.3 Å². The molecule has 0 aliphatic heterocycles. The summed E-state index contributed by atoms with van der Waals surface area (Å²) in [5.41, 5.74) is 3.83. The summed E-state index contributed by atoms with van der Waals surface area (Å²) >= 11 is 1.80. The molecule has 228 valence electrons. The van der Waals surface area contributed by atoms with Crippen molar-refractivity contribution in [1.82, 2.24) is 9.88 Å². The Morgan fingerprint density at radius 3 is 2.27 bits per heavy atom. The highest BCUT2D eigenvalue weighted by Gasteiger charge is 2.14. The molecule has 8 nitrogen and oxygen atoms in total. The van der Waals surface area contributed by atoms with Gasteiger partial charge in [0.25, 0.3) is 0 Å². The number of carbonyl (C=O) groups excluding carboxylic acids is 1. The van der Waals surface area contributed by atoms with Crippen LogP contribution in [0.15, 0.2) is 88.6 Å². The number of nitrogens with one attached hydrogen (secondary N) is 2. The number of carbonyl (C=O) groups is 1. The van der Waals surface area contributed by atoms with Crippen LogP contribution in [0.2, 0.25) is 0 Å². The molecule has 0 saturated carbocycles. The zero-order chi connectivity index (χ0) is 31.1. The van der Waals surface area contributed by atoms with Crippen LogP contribution in [0.5, 0.6) is 17.2 Å². The van der Waals surface area contributed by atoms with Crippen molar-refractivity contribution >= 4 is 45.2 Å². The standard InChI is InChI=1S/C35H37N3O5S/c1-38(22-23-12-17-29(41-2)31(20-23)43-4)18-7-19-44-26-15-13-25(14-16-26)36-32(39)21-24-8-5-9-27-33(24)37-34-28(35(27)40)10-6-11-30(34)42-3/h5-6,8-17,20H,7,18-19,21-22H2,1-4H3,(H,36,39)(H,37,40). The topological polar surface area (TPSA) is 92.9 Å². The third-order valence-electron chi connectivity index (χ3n) is 7.48. The van der Waals surface area contributed by atoms with Crippen LogP contribution in [0.25, 0.3) is 21.8 Å². The molecule has 0 atom stereocenters. The predicted octanol–water partition coefficient (Wildman–Crippen LogP) is 6.50. The number of nitrogens with zero attached hydrogens (tertiary/aromatic N) is 1. The van der Waals surface area contributed by atoms with Crippen LogP contribution in [0.4, 0.5) is 5.69 Å². The average Bonchev–Trinajstić information content (AvgIpc) is 3.04. The zero-order valence-electron chi connectivity index (χ0n) is 25.4. The van der Waals surface area contributed by atoms with Crippen molar-refractivity contribution in [2.45, 2.75) is 24.3 Å². The maximum atomic E-state index is 13.2. The molecule has 0 unspecified atom stereocenters. The Hall–Kier alpha value is -4.47. The molecule has 0 fully saturated rings. The molecule has 1 aromatic heterocycles. The first kappa shape index (κ1) is 31.0. The minimum absolute atomic E-state index is 0.0902. The van der Waals surface area contributed by atoms with Crippen LogP contribution in [0, 0.1) is 0 Å². The van der Waals surface area contributed by atoms with E-state index < -0.39 is 0 Å². The number of para-hydroxylation sites is 2. The first-order chi connectivity index (χ1) is 21.4. The fourth-order valence-corrected chi connectivity index (χ4v) is 6.12. The van der Waals surface area contributed by atoms with Gasteiger partial charge in [-0.05, 0) is 91.5 Å². The van der Waals surface area contributed by atoms with Gasteiger partial charge in [0.05, 0.1) is 38.8 Å². The summed E-state index contributed by atoms with van der Waals surface area (Å²) in [5.74, 6) is 2.89. The zero-order valence-corrected chi connectivity index (χ0v) is 26.3. The Morgan fingerprint density at radius 1 is 0.841 bits per heavy atom. The average molecular weight is 612 g/mol. The molecule has 1 heterocycles. The van der Waals surface area contributed by atoms with Gasteiger partial charge in [0.1, 0.15) is 5.75 Å². The fourth-order valence-electron chi connectivity index (χ4n) is 5.28. The summed E-state index contributed by atoms with van der Waals surface area (Å²) in [7, 11) is 6.98. The molecule has 0 saturated heterocycles. The molecule has 2 N–H and O–H groups in total. The lowest BCUT2D eigenvalue weighted by molar-refractivity contribution is -0.115. The number of ether oxygens (including phenoxy) is 3. The van der Waals surface area contributed by atoms with Crippen molar-refractivity contribution in [2.24, 2.45) is 0 Å². The number of thioether (sulfide) groups is 1. The Kier molecular flexibility index (Phi) is 10.1. The maximum Gasteiger partial charge on any atom is 0.228 e. The van der Waals surface area contributed by atoms with E-state index in [1.54, 1.807) is 51.3 Å². The van der Waals surface area contributed by atoms with Crippen LogP contribution in [0.3, 0.4) is 0 Å². The molecular formula is C35H37N3O5S. The van der Waals surface area contributed by atoms with Gasteiger partial charge in [0, 0.05) is 27.9 Å². The first-order valence-electron chi connectivity index (χ1n) is 14.4. The third-order valence-corrected chi connectivity index (χ3v) is 8.58. The summed E-state index contributed by atoms with van der Waals surface area (Å²) in [4.78, 5) is 33.0. The molecule has 4 aromatic carbocycles. The van der Waals surface area contributed by atoms with Crippen LogP contribution >= 0.6 is 11.8 Å². The fraction of sp³-hybridized carbons (Fsp3) is 0.257. The number of aromatic nitrogens is 1. The van der Waals surface area contributed by atoms with E-state index in [1.807, 2.05) is 54.6 Å². The monoisotopic (exact) mass is 611 g/mol. The largest absolute Gasteiger partial charge is 0.495 e. The van der Waals surface area contributed by atoms with Crippen LogP contribution in [-0.2, 0) is 17.8 Å². The number of methoxy groups -OCH3 is 3. The molecule has 5 rings (SSSR count). The van der Waals surface area contributed by atoms with Crippen molar-refractivity contribution < 1.29 is 19.0 Å². The molecule has 0 radical (unpaired) electrons. The van der Waals surface area contributed by atoms with Gasteiger partial charge in [-0.3, -0.25) is 9.59 Å². The Balaban J connectivity index is 1.13. The van der Waals surface area contributed by atoms with Crippen LogP contribution < -0.4 is 25.0 Å². The van der Waals surface area contributed by atoms with E-state index in [1.165, 1.54) is 5.56 Å². The Morgan fingerprint density at radius 2 is 1.55 bits per heavy atom. The minimum Gasteiger partial charge on any atom is -0.495 e. The number of hydrogen-bond donors (Lipinski definition) is 2. The highest BCUT2D eigenvalue weighted by molar-refractivity contribution is 7.99. The number of anilines is 1. The maximum absolute atomic E-state index is 13.2. The number of benzene rings is 4. The lowest BCUT2D eigenvalue weighted by atomic mass is 10.0. The summed E-state index contributed by atoms with van der Waals surface area (Å²) in [5, 5.41) is 4.09. The van der Waals surface area contributed by atoms with E-state index >= 15 is 0 Å². The van der Waals surface area contributed by atoms with Gasteiger partial charge in [-0.15, -0.1) is 11.8 Å². The quantitative estimate of drug-likeness (QED) is 0.0892. The van der Waals surface area contributed by atoms with E-state index in [4.69, 9.17) is 14.2 Å². The minimum atomic E-state index is -0.156. The van der Waals surface area contributed by atoms with Gasteiger partial charge in [-0.25, -0.2) is 0 Å². The van der Waals surface area contributed by atoms with Crippen LogP contribution in [-0.4, -0.2) is 56.5 Å². The Labute approximate surface area is 261 Å². The SMILES string of the molecule is COc1ccc(CN(C)CCCSc2ccc(NC(=O)Cc3cccc4c(=O)c5cccc(OC)c5[nH]c34)cc2)cc1OC. The third kappa shape index (κ3) is 7.18. The lowest BCUT2D eigenvalue weighted by Crippen LogP contribution is -2.19. The summed E-state index contributed by atoms with van der Waals surface area (Å²) in [6.07, 6.45) is 1.17. The number of aromatic amines is 1. The number of pyridine rings is 1. The second kappa shape index (κ2) is 14.3. The summed E-state index contributed by atoms with van der Waals surface area (Å²) < 4.78 is 16.2. The first-order valence-corrected chi connectivity index (χ1v) is 15.4. The van der Waals surface area contributed by atoms with Gasteiger partial charge in [0.15, 0.2) is 16.9 Å². The molecule has 0 aliphatic rings. The normalized spacial score (nSPS) is 11.2. The summed E-state index contributed by atoms with van der Waals surface area (Å²) in [6, 6.07) is 24.8. The lowest BCUT2D eigenvalue weighted by Gasteiger charge is -2.17. The van der Waals surface area contributed by atoms with Gasteiger partial charge in [-0.2, -0.15) is 0 Å². The van der Waals surface area contributed by atoms with E-state index in [-0.39, 0.29) is 17.8 Å². The second-order valence-corrected chi connectivity index (χ2v) is 11.7. The molecule has 44 heavy (non-hydrogen) atoms. The van der Waals surface area contributed by atoms with Crippen LogP contribution in [0.1, 0.15) is 17.5 Å². The highest BCUT2D eigenvalue weighted by atomic mass is 32.2. The van der Waals surface area contributed by atoms with Gasteiger partial charge in [0.2, 0.25) is 5.91 Å². The summed E-state index contributed by atoms with van der Waals surface area (Å²) in [6.45, 7) is 1.80. The number of rotatable bonds is 13. The van der Waals surface area contributed by atoms with Gasteiger partial charge < -0.3 is 29.4 Å². The second-order valence-electron chi connectivity index (χ2n) is 10.6. The van der Waals surface area contributed by atoms with Gasteiger partial charge in [-0.1, -0.05) is 24.3 Å². The number of H-pyrrole nitrogens is 1. The van der Waals surface area contributed by atoms with Crippen molar-refractivity contribution in [3.05, 3.63) is 100 Å². The highest BCUT2D eigenvalue weighted by Crippen LogP contribution is 2.29. The molecule has 1 amide bonds. The number of amides is 1. The van der Waals surface area contributed by atoms with Crippen molar-refractivity contribution in [3.63, 3.8) is 0 Å². The van der Waals surface area contributed by atoms with Crippen molar-refractivity contribution in [3.8, 4) is 17.2 Å². The molecule has 0 aliphatic carbocycles. The number of fused-ring (bicyclic) bond motifs is 2. The molecular weight excluding hydrogens is 574 g/mol. The van der Waals surface area contributed by atoms with Crippen molar-refractivity contribution in [2.75, 3.05) is 46.0 Å². The van der Waals surface area contributed by atoms with E-state index in [0.29, 0.717) is 27.6 Å². The Bertz CT molecular complexity index is 1820. The van der Waals surface area contributed by atoms with E-state index in [0.717, 1.165) is 52.9 Å². The predicted molar refractivity (Wildman–Crippen MR) is 179 cm³/mol. The number of hydrogen-bond acceptors (Lipinski definition) is 7. The molecule has 0 bridgehead atoms. The van der Waals surface area contributed by atoms with Gasteiger partial charge >= 0.3 is 0 Å². The van der Waals surface area contributed by atoms with E-state index in [9.17, 15) is 9.59 Å².